The Morgan fingerprint density at radius 2 is 1.81 bits per heavy atom. The lowest BCUT2D eigenvalue weighted by molar-refractivity contribution is -0.120. The summed E-state index contributed by atoms with van der Waals surface area (Å²) in [6.07, 6.45) is 5.15. The third-order valence-corrected chi connectivity index (χ3v) is 4.83. The van der Waals surface area contributed by atoms with Gasteiger partial charge in [-0.1, -0.05) is 24.3 Å². The van der Waals surface area contributed by atoms with Crippen LogP contribution in [-0.2, 0) is 11.2 Å². The summed E-state index contributed by atoms with van der Waals surface area (Å²) >= 11 is 0. The summed E-state index contributed by atoms with van der Waals surface area (Å²) < 4.78 is 36.6. The number of nitrogens with one attached hydrogen (secondary N) is 1. The molecular formula is C24H30F2N2O3. The molecule has 0 unspecified atom stereocenters. The number of ether oxygens (including phenoxy) is 2. The number of hydrogen-bond acceptors (Lipinski definition) is 4. The van der Waals surface area contributed by atoms with Gasteiger partial charge in [-0.25, -0.2) is 8.78 Å². The van der Waals surface area contributed by atoms with E-state index in [-0.39, 0.29) is 12.3 Å². The average Bonchev–Trinajstić information content (AvgIpc) is 2.77. The number of hydrogen-bond donors (Lipinski definition) is 1. The molecule has 5 nitrogen and oxygen atoms in total. The van der Waals surface area contributed by atoms with Crippen LogP contribution < -0.4 is 14.8 Å². The minimum atomic E-state index is -0.901. The Balaban J connectivity index is 1.62. The third-order valence-electron chi connectivity index (χ3n) is 4.83. The summed E-state index contributed by atoms with van der Waals surface area (Å²) in [5.74, 6) is -0.448. The van der Waals surface area contributed by atoms with Gasteiger partial charge < -0.3 is 19.7 Å². The second-order valence-corrected chi connectivity index (χ2v) is 7.23. The lowest BCUT2D eigenvalue weighted by atomic mass is 10.1. The van der Waals surface area contributed by atoms with Gasteiger partial charge in [0.25, 0.3) is 0 Å². The quantitative estimate of drug-likeness (QED) is 0.514. The normalized spacial score (nSPS) is 11.2. The maximum absolute atomic E-state index is 13.1. The van der Waals surface area contributed by atoms with Crippen molar-refractivity contribution in [1.29, 1.82) is 0 Å². The van der Waals surface area contributed by atoms with Gasteiger partial charge >= 0.3 is 0 Å². The van der Waals surface area contributed by atoms with Crippen LogP contribution in [0.4, 0.5) is 8.78 Å². The highest BCUT2D eigenvalue weighted by atomic mass is 19.2. The third kappa shape index (κ3) is 8.38. The van der Waals surface area contributed by atoms with Crippen molar-refractivity contribution in [3.05, 3.63) is 65.2 Å². The molecule has 0 spiro atoms. The van der Waals surface area contributed by atoms with Gasteiger partial charge in [-0.15, -0.1) is 0 Å². The van der Waals surface area contributed by atoms with Crippen LogP contribution >= 0.6 is 0 Å². The van der Waals surface area contributed by atoms with Crippen molar-refractivity contribution in [2.45, 2.75) is 19.3 Å². The molecule has 0 bridgehead atoms. The van der Waals surface area contributed by atoms with E-state index in [4.69, 9.17) is 9.47 Å². The number of rotatable bonds is 12. The molecule has 31 heavy (non-hydrogen) atoms. The summed E-state index contributed by atoms with van der Waals surface area (Å²) in [5.41, 5.74) is 1.69. The highest BCUT2D eigenvalue weighted by Crippen LogP contribution is 2.27. The number of amides is 1. The molecule has 2 aromatic carbocycles. The van der Waals surface area contributed by atoms with E-state index in [1.54, 1.807) is 26.4 Å². The standard InChI is InChI=1S/C24H30F2N2O3/c1-28(15-12-19-9-11-22(30-2)23(17-19)31-3)14-5-13-27-24(29)7-4-6-18-8-10-20(25)21(26)16-18/h4,6,8-11,16-17H,5,7,12-15H2,1-3H3,(H,27,29)/b6-4+. The molecule has 1 N–H and O–H groups in total. The first-order chi connectivity index (χ1) is 14.9. The summed E-state index contributed by atoms with van der Waals surface area (Å²) in [5, 5.41) is 2.86. The Morgan fingerprint density at radius 3 is 2.52 bits per heavy atom. The molecule has 0 saturated heterocycles. The Bertz CT molecular complexity index is 887. The van der Waals surface area contributed by atoms with E-state index in [1.165, 1.54) is 11.6 Å². The number of benzene rings is 2. The van der Waals surface area contributed by atoms with Crippen molar-refractivity contribution in [1.82, 2.24) is 10.2 Å². The van der Waals surface area contributed by atoms with Crippen LogP contribution in [-0.4, -0.2) is 51.7 Å². The van der Waals surface area contributed by atoms with Crippen molar-refractivity contribution >= 4 is 12.0 Å². The zero-order chi connectivity index (χ0) is 22.6. The number of nitrogens with zero attached hydrogens (tertiary/aromatic N) is 1. The number of carbonyl (C=O) groups is 1. The lowest BCUT2D eigenvalue weighted by Gasteiger charge is -2.17. The van der Waals surface area contributed by atoms with Crippen molar-refractivity contribution in [3.8, 4) is 11.5 Å². The van der Waals surface area contributed by atoms with Crippen molar-refractivity contribution in [2.24, 2.45) is 0 Å². The van der Waals surface area contributed by atoms with E-state index in [9.17, 15) is 13.6 Å². The molecule has 2 rings (SSSR count). The summed E-state index contributed by atoms with van der Waals surface area (Å²) in [6.45, 7) is 2.33. The first kappa shape index (κ1) is 24.3. The van der Waals surface area contributed by atoms with E-state index < -0.39 is 11.6 Å². The maximum Gasteiger partial charge on any atom is 0.223 e. The highest BCUT2D eigenvalue weighted by Gasteiger charge is 2.06. The highest BCUT2D eigenvalue weighted by molar-refractivity contribution is 5.78. The first-order valence-electron chi connectivity index (χ1n) is 10.2. The zero-order valence-electron chi connectivity index (χ0n) is 18.3. The van der Waals surface area contributed by atoms with Crippen LogP contribution in [0.2, 0.25) is 0 Å². The summed E-state index contributed by atoms with van der Waals surface area (Å²) in [7, 11) is 5.29. The second-order valence-electron chi connectivity index (χ2n) is 7.23. The van der Waals surface area contributed by atoms with Gasteiger partial charge in [-0.3, -0.25) is 4.79 Å². The zero-order valence-corrected chi connectivity index (χ0v) is 18.3. The number of carbonyl (C=O) groups excluding carboxylic acids is 1. The van der Waals surface area contributed by atoms with Gasteiger partial charge in [0.1, 0.15) is 0 Å². The van der Waals surface area contributed by atoms with Gasteiger partial charge in [0, 0.05) is 19.5 Å². The Kier molecular flexibility index (Phi) is 9.97. The Morgan fingerprint density at radius 1 is 1.03 bits per heavy atom. The molecule has 0 heterocycles. The van der Waals surface area contributed by atoms with E-state index in [0.29, 0.717) is 12.1 Å². The second kappa shape index (κ2) is 12.7. The molecule has 0 fully saturated rings. The van der Waals surface area contributed by atoms with Gasteiger partial charge in [0.15, 0.2) is 23.1 Å². The molecule has 0 atom stereocenters. The van der Waals surface area contributed by atoms with Crippen LogP contribution in [0, 0.1) is 11.6 Å². The molecule has 0 saturated carbocycles. The average molecular weight is 433 g/mol. The van der Waals surface area contributed by atoms with Crippen molar-refractivity contribution in [3.63, 3.8) is 0 Å². The molecule has 168 valence electrons. The number of halogens is 2. The van der Waals surface area contributed by atoms with E-state index >= 15 is 0 Å². The van der Waals surface area contributed by atoms with E-state index in [1.807, 2.05) is 25.2 Å². The van der Waals surface area contributed by atoms with Crippen LogP contribution in [0.25, 0.3) is 6.08 Å². The molecule has 2 aromatic rings. The van der Waals surface area contributed by atoms with E-state index in [2.05, 4.69) is 10.2 Å². The maximum atomic E-state index is 13.1. The fourth-order valence-electron chi connectivity index (χ4n) is 3.03. The monoisotopic (exact) mass is 432 g/mol. The summed E-state index contributed by atoms with van der Waals surface area (Å²) in [4.78, 5) is 14.1. The predicted octanol–water partition coefficient (Wildman–Crippen LogP) is 4.07. The van der Waals surface area contributed by atoms with Crippen LogP contribution in [0.1, 0.15) is 24.0 Å². The summed E-state index contributed by atoms with van der Waals surface area (Å²) in [6, 6.07) is 9.55. The van der Waals surface area contributed by atoms with Crippen molar-refractivity contribution in [2.75, 3.05) is 40.9 Å². The van der Waals surface area contributed by atoms with Crippen LogP contribution in [0.15, 0.2) is 42.5 Å². The molecular weight excluding hydrogens is 402 g/mol. The molecule has 7 heteroatoms. The van der Waals surface area contributed by atoms with Gasteiger partial charge in [0.05, 0.1) is 14.2 Å². The van der Waals surface area contributed by atoms with E-state index in [0.717, 1.165) is 49.6 Å². The number of methoxy groups -OCH3 is 2. The fraction of sp³-hybridized carbons (Fsp3) is 0.375. The van der Waals surface area contributed by atoms with Crippen LogP contribution in [0.3, 0.4) is 0 Å². The molecule has 0 aliphatic carbocycles. The molecule has 0 radical (unpaired) electrons. The molecule has 0 aliphatic heterocycles. The smallest absolute Gasteiger partial charge is 0.223 e. The fourth-order valence-corrected chi connectivity index (χ4v) is 3.03. The van der Waals surface area contributed by atoms with Crippen LogP contribution in [0.5, 0.6) is 11.5 Å². The lowest BCUT2D eigenvalue weighted by Crippen LogP contribution is -2.28. The minimum Gasteiger partial charge on any atom is -0.493 e. The molecule has 0 aliphatic rings. The molecule has 1 amide bonds. The topological polar surface area (TPSA) is 50.8 Å². The SMILES string of the molecule is COc1ccc(CCN(C)CCCNC(=O)C/C=C/c2ccc(F)c(F)c2)cc1OC. The first-order valence-corrected chi connectivity index (χ1v) is 10.2. The minimum absolute atomic E-state index is 0.105. The Labute approximate surface area is 182 Å². The predicted molar refractivity (Wildman–Crippen MR) is 118 cm³/mol. The van der Waals surface area contributed by atoms with Gasteiger partial charge in [0.2, 0.25) is 5.91 Å². The Hall–Kier alpha value is -2.93. The molecule has 0 aromatic heterocycles. The number of likely N-dealkylation sites (N-methyl/N-ethyl adjacent to an activating group) is 1. The van der Waals surface area contributed by atoms with Gasteiger partial charge in [-0.2, -0.15) is 0 Å². The van der Waals surface area contributed by atoms with Crippen molar-refractivity contribution < 1.29 is 23.0 Å². The van der Waals surface area contributed by atoms with Gasteiger partial charge in [-0.05, 0) is 61.8 Å². The largest absolute Gasteiger partial charge is 0.493 e.